The van der Waals surface area contributed by atoms with Crippen LogP contribution in [0.5, 0.6) is 0 Å². The maximum Gasteiger partial charge on any atom is 0.271 e. The van der Waals surface area contributed by atoms with Gasteiger partial charge in [-0.25, -0.2) is 9.07 Å². The Hall–Kier alpha value is -2.25. The zero-order chi connectivity index (χ0) is 15.2. The summed E-state index contributed by atoms with van der Waals surface area (Å²) in [6.45, 7) is 0.206. The molecule has 1 aromatic heterocycles. The topological polar surface area (TPSA) is 76.4 Å². The number of aliphatic hydroxyl groups excluding tert-OH is 1. The Balaban J connectivity index is 2.01. The van der Waals surface area contributed by atoms with Gasteiger partial charge in [0.05, 0.1) is 18.4 Å². The number of methoxy groups -OCH3 is 1. The fourth-order valence-corrected chi connectivity index (χ4v) is 1.76. The second-order valence-electron chi connectivity index (χ2n) is 4.44. The Morgan fingerprint density at radius 3 is 3.05 bits per heavy atom. The molecule has 1 atom stereocenters. The number of nitrogens with one attached hydrogen (secondary N) is 1. The number of carbonyl (C=O) groups excluding carboxylic acids is 1. The molecule has 0 aliphatic carbocycles. The molecule has 1 heterocycles. The third-order valence-corrected chi connectivity index (χ3v) is 2.75. The summed E-state index contributed by atoms with van der Waals surface area (Å²) in [6.07, 6.45) is 0.791. The second-order valence-corrected chi connectivity index (χ2v) is 4.44. The molecule has 0 saturated heterocycles. The lowest BCUT2D eigenvalue weighted by Crippen LogP contribution is -2.34. The van der Waals surface area contributed by atoms with E-state index in [-0.39, 0.29) is 24.7 Å². The Kier molecular flexibility index (Phi) is 5.02. The summed E-state index contributed by atoms with van der Waals surface area (Å²) in [5, 5.41) is 16.1. The van der Waals surface area contributed by atoms with Crippen LogP contribution in [0, 0.1) is 5.82 Å². The number of hydrogen-bond donors (Lipinski definition) is 2. The third kappa shape index (κ3) is 4.11. The van der Waals surface area contributed by atoms with Crippen molar-refractivity contribution in [3.8, 4) is 5.69 Å². The maximum atomic E-state index is 13.1. The van der Waals surface area contributed by atoms with E-state index < -0.39 is 12.0 Å². The highest BCUT2D eigenvalue weighted by Gasteiger charge is 2.12. The van der Waals surface area contributed by atoms with Crippen molar-refractivity contribution in [1.29, 1.82) is 0 Å². The van der Waals surface area contributed by atoms with Gasteiger partial charge in [0.1, 0.15) is 5.82 Å². The van der Waals surface area contributed by atoms with E-state index in [0.29, 0.717) is 5.69 Å². The van der Waals surface area contributed by atoms with E-state index >= 15 is 0 Å². The predicted octanol–water partition coefficient (Wildman–Crippen LogP) is 0.748. The Labute approximate surface area is 121 Å². The van der Waals surface area contributed by atoms with Crippen molar-refractivity contribution in [1.82, 2.24) is 15.1 Å². The van der Waals surface area contributed by atoms with Gasteiger partial charge in [-0.15, -0.1) is 0 Å². The molecule has 6 nitrogen and oxygen atoms in total. The molecule has 2 N–H and O–H groups in total. The molecule has 21 heavy (non-hydrogen) atoms. The third-order valence-electron chi connectivity index (χ3n) is 2.75. The number of carbonyl (C=O) groups is 1. The molecule has 2 aromatic rings. The predicted molar refractivity (Wildman–Crippen MR) is 73.7 cm³/mol. The highest BCUT2D eigenvalue weighted by Crippen LogP contribution is 2.09. The molecule has 0 bridgehead atoms. The largest absolute Gasteiger partial charge is 0.389 e. The number of benzene rings is 1. The first-order valence-corrected chi connectivity index (χ1v) is 6.37. The number of halogens is 1. The molecule has 0 aliphatic heterocycles. The Morgan fingerprint density at radius 1 is 1.52 bits per heavy atom. The van der Waals surface area contributed by atoms with Crippen LogP contribution in [-0.2, 0) is 4.74 Å². The van der Waals surface area contributed by atoms with Crippen LogP contribution < -0.4 is 5.32 Å². The highest BCUT2D eigenvalue weighted by atomic mass is 19.1. The SMILES string of the molecule is COCC(O)CNC(=O)c1ccn(-c2cccc(F)c2)n1. The molecular weight excluding hydrogens is 277 g/mol. The number of amides is 1. The van der Waals surface area contributed by atoms with Gasteiger partial charge in [0, 0.05) is 19.9 Å². The summed E-state index contributed by atoms with van der Waals surface area (Å²) in [7, 11) is 1.46. The van der Waals surface area contributed by atoms with Crippen LogP contribution in [0.25, 0.3) is 5.69 Å². The van der Waals surface area contributed by atoms with Gasteiger partial charge >= 0.3 is 0 Å². The van der Waals surface area contributed by atoms with Crippen LogP contribution in [0.3, 0.4) is 0 Å². The molecule has 1 unspecified atom stereocenters. The van der Waals surface area contributed by atoms with E-state index in [1.807, 2.05) is 0 Å². The van der Waals surface area contributed by atoms with Crippen LogP contribution in [0.15, 0.2) is 36.5 Å². The smallest absolute Gasteiger partial charge is 0.271 e. The van der Waals surface area contributed by atoms with Gasteiger partial charge in [0.15, 0.2) is 5.69 Å². The van der Waals surface area contributed by atoms with Crippen molar-refractivity contribution in [2.75, 3.05) is 20.3 Å². The minimum absolute atomic E-state index is 0.0689. The van der Waals surface area contributed by atoms with Crippen molar-refractivity contribution < 1.29 is 19.0 Å². The van der Waals surface area contributed by atoms with Gasteiger partial charge in [0.25, 0.3) is 5.91 Å². The lowest BCUT2D eigenvalue weighted by atomic mass is 10.3. The van der Waals surface area contributed by atoms with Crippen molar-refractivity contribution in [2.24, 2.45) is 0 Å². The molecule has 0 fully saturated rings. The van der Waals surface area contributed by atoms with Gasteiger partial charge in [-0.3, -0.25) is 4.79 Å². The van der Waals surface area contributed by atoms with Crippen molar-refractivity contribution in [2.45, 2.75) is 6.10 Å². The fourth-order valence-electron chi connectivity index (χ4n) is 1.76. The number of rotatable bonds is 6. The second kappa shape index (κ2) is 6.96. The van der Waals surface area contributed by atoms with Crippen LogP contribution in [0.2, 0.25) is 0 Å². The highest BCUT2D eigenvalue weighted by molar-refractivity contribution is 5.92. The van der Waals surface area contributed by atoms with Crippen LogP contribution in [0.4, 0.5) is 4.39 Å². The van der Waals surface area contributed by atoms with E-state index in [9.17, 15) is 14.3 Å². The van der Waals surface area contributed by atoms with Gasteiger partial charge in [-0.2, -0.15) is 5.10 Å². The molecule has 0 spiro atoms. The average molecular weight is 293 g/mol. The molecule has 1 amide bonds. The lowest BCUT2D eigenvalue weighted by Gasteiger charge is -2.09. The first kappa shape index (κ1) is 15.1. The van der Waals surface area contributed by atoms with E-state index in [1.54, 1.807) is 18.3 Å². The molecule has 1 aromatic carbocycles. The maximum absolute atomic E-state index is 13.1. The van der Waals surface area contributed by atoms with Crippen molar-refractivity contribution in [3.63, 3.8) is 0 Å². The molecule has 0 aliphatic rings. The Bertz CT molecular complexity index is 615. The number of hydrogen-bond acceptors (Lipinski definition) is 4. The quantitative estimate of drug-likeness (QED) is 0.824. The zero-order valence-corrected chi connectivity index (χ0v) is 11.5. The molecule has 7 heteroatoms. The van der Waals surface area contributed by atoms with E-state index in [2.05, 4.69) is 10.4 Å². The molecule has 112 valence electrons. The number of ether oxygens (including phenoxy) is 1. The average Bonchev–Trinajstić information content (AvgIpc) is 2.95. The van der Waals surface area contributed by atoms with Crippen LogP contribution in [-0.4, -0.2) is 47.2 Å². The summed E-state index contributed by atoms with van der Waals surface area (Å²) < 4.78 is 19.3. The van der Waals surface area contributed by atoms with Crippen molar-refractivity contribution in [3.05, 3.63) is 48.0 Å². The fraction of sp³-hybridized carbons (Fsp3) is 0.286. The first-order valence-electron chi connectivity index (χ1n) is 6.37. The Morgan fingerprint density at radius 2 is 2.33 bits per heavy atom. The monoisotopic (exact) mass is 293 g/mol. The van der Waals surface area contributed by atoms with Gasteiger partial charge in [0.2, 0.25) is 0 Å². The lowest BCUT2D eigenvalue weighted by molar-refractivity contribution is 0.0608. The van der Waals surface area contributed by atoms with Gasteiger partial charge in [-0.05, 0) is 24.3 Å². The summed E-state index contributed by atoms with van der Waals surface area (Å²) in [4.78, 5) is 11.9. The van der Waals surface area contributed by atoms with Crippen molar-refractivity contribution >= 4 is 5.91 Å². The molecular formula is C14H16FN3O3. The first-order chi connectivity index (χ1) is 10.1. The number of aliphatic hydroxyl groups is 1. The summed E-state index contributed by atoms with van der Waals surface area (Å²) in [5.74, 6) is -0.794. The number of nitrogens with zero attached hydrogens (tertiary/aromatic N) is 2. The standard InChI is InChI=1S/C14H16FN3O3/c1-21-9-12(19)8-16-14(20)13-5-6-18(17-13)11-4-2-3-10(15)7-11/h2-7,12,19H,8-9H2,1H3,(H,16,20). The zero-order valence-electron chi connectivity index (χ0n) is 11.5. The summed E-state index contributed by atoms with van der Waals surface area (Å²) in [6, 6.07) is 7.41. The van der Waals surface area contributed by atoms with Crippen LogP contribution >= 0.6 is 0 Å². The van der Waals surface area contributed by atoms with Crippen LogP contribution in [0.1, 0.15) is 10.5 Å². The van der Waals surface area contributed by atoms with E-state index in [1.165, 1.54) is 30.0 Å². The molecule has 2 rings (SSSR count). The minimum Gasteiger partial charge on any atom is -0.389 e. The molecule has 0 saturated carbocycles. The normalized spacial score (nSPS) is 12.1. The number of aromatic nitrogens is 2. The summed E-state index contributed by atoms with van der Waals surface area (Å²) in [5.41, 5.74) is 0.706. The minimum atomic E-state index is -0.774. The van der Waals surface area contributed by atoms with Gasteiger partial charge < -0.3 is 15.2 Å². The summed E-state index contributed by atoms with van der Waals surface area (Å²) >= 11 is 0. The van der Waals surface area contributed by atoms with Gasteiger partial charge in [-0.1, -0.05) is 6.07 Å². The van der Waals surface area contributed by atoms with E-state index in [4.69, 9.17) is 4.74 Å². The molecule has 0 radical (unpaired) electrons. The van der Waals surface area contributed by atoms with E-state index in [0.717, 1.165) is 0 Å².